The standard InChI is InChI=1S/C35H35N3O6S/c1-5-44-30-19-10-9-18-28(30)37-33(39)23(2)45-27-17-12-16-26(22-27)36-35(41)29(38-34(40)24-13-7-6-8-14-24)21-25-15-11-20-31(42-3)32(25)43-4/h6-23H,5H2,1-4H3,(H,36,41)(H,37,39)(H,38,40)/b29-21+. The minimum absolute atomic E-state index is 0.00540. The first-order valence-electron chi connectivity index (χ1n) is 14.2. The van der Waals surface area contributed by atoms with Crippen molar-refractivity contribution in [1.29, 1.82) is 0 Å². The second-order valence-corrected chi connectivity index (χ2v) is 11.0. The van der Waals surface area contributed by atoms with E-state index in [1.54, 1.807) is 85.8 Å². The lowest BCUT2D eigenvalue weighted by atomic mass is 10.1. The molecule has 0 saturated heterocycles. The monoisotopic (exact) mass is 625 g/mol. The van der Waals surface area contributed by atoms with E-state index in [1.165, 1.54) is 32.1 Å². The van der Waals surface area contributed by atoms with Crippen LogP contribution in [0.2, 0.25) is 0 Å². The molecule has 0 aliphatic rings. The van der Waals surface area contributed by atoms with Gasteiger partial charge in [-0.05, 0) is 68.5 Å². The van der Waals surface area contributed by atoms with Crippen molar-refractivity contribution in [3.8, 4) is 17.2 Å². The first-order valence-corrected chi connectivity index (χ1v) is 15.1. The van der Waals surface area contributed by atoms with Crippen molar-refractivity contribution >= 4 is 46.9 Å². The molecule has 3 amide bonds. The minimum Gasteiger partial charge on any atom is -0.493 e. The van der Waals surface area contributed by atoms with Gasteiger partial charge in [-0.1, -0.05) is 48.5 Å². The van der Waals surface area contributed by atoms with Gasteiger partial charge >= 0.3 is 0 Å². The Morgan fingerprint density at radius 2 is 1.53 bits per heavy atom. The highest BCUT2D eigenvalue weighted by Crippen LogP contribution is 2.33. The molecule has 10 heteroatoms. The Morgan fingerprint density at radius 1 is 0.822 bits per heavy atom. The van der Waals surface area contributed by atoms with Gasteiger partial charge in [0.2, 0.25) is 5.91 Å². The van der Waals surface area contributed by atoms with Crippen LogP contribution in [0.25, 0.3) is 6.08 Å². The molecule has 0 aromatic heterocycles. The summed E-state index contributed by atoms with van der Waals surface area (Å²) in [6.45, 7) is 4.17. The smallest absolute Gasteiger partial charge is 0.272 e. The lowest BCUT2D eigenvalue weighted by molar-refractivity contribution is -0.115. The van der Waals surface area contributed by atoms with Gasteiger partial charge < -0.3 is 30.2 Å². The lowest BCUT2D eigenvalue weighted by Gasteiger charge is -2.16. The number of carbonyl (C=O) groups excluding carboxylic acids is 3. The van der Waals surface area contributed by atoms with Crippen LogP contribution in [-0.2, 0) is 9.59 Å². The zero-order valence-electron chi connectivity index (χ0n) is 25.5. The van der Waals surface area contributed by atoms with Crippen LogP contribution in [0.1, 0.15) is 29.8 Å². The fraction of sp³-hybridized carbons (Fsp3) is 0.171. The molecule has 0 aliphatic heterocycles. The summed E-state index contributed by atoms with van der Waals surface area (Å²) in [5.74, 6) is 0.296. The predicted molar refractivity (Wildman–Crippen MR) is 178 cm³/mol. The van der Waals surface area contributed by atoms with Gasteiger partial charge in [0.05, 0.1) is 31.8 Å². The minimum atomic E-state index is -0.551. The SMILES string of the molecule is CCOc1ccccc1NC(=O)C(C)Sc1cccc(NC(=O)/C(=C\c2cccc(OC)c2OC)NC(=O)c2ccccc2)c1. The van der Waals surface area contributed by atoms with Gasteiger partial charge in [0.15, 0.2) is 11.5 Å². The number of nitrogens with one attached hydrogen (secondary N) is 3. The van der Waals surface area contributed by atoms with Crippen molar-refractivity contribution in [2.24, 2.45) is 0 Å². The summed E-state index contributed by atoms with van der Waals surface area (Å²) < 4.78 is 16.5. The van der Waals surface area contributed by atoms with Crippen LogP contribution in [0, 0.1) is 0 Å². The van der Waals surface area contributed by atoms with Crippen LogP contribution in [0.15, 0.2) is 108 Å². The van der Waals surface area contributed by atoms with E-state index in [-0.39, 0.29) is 11.6 Å². The summed E-state index contributed by atoms with van der Waals surface area (Å²) in [5, 5.41) is 8.08. The highest BCUT2D eigenvalue weighted by molar-refractivity contribution is 8.00. The predicted octanol–water partition coefficient (Wildman–Crippen LogP) is 6.63. The van der Waals surface area contributed by atoms with Crippen LogP contribution >= 0.6 is 11.8 Å². The maximum atomic E-state index is 13.6. The molecule has 1 unspecified atom stereocenters. The molecule has 9 nitrogen and oxygen atoms in total. The Kier molecular flexibility index (Phi) is 11.6. The van der Waals surface area contributed by atoms with Crippen LogP contribution in [0.5, 0.6) is 17.2 Å². The second kappa shape index (κ2) is 16.0. The van der Waals surface area contributed by atoms with Gasteiger partial charge in [-0.15, -0.1) is 11.8 Å². The van der Waals surface area contributed by atoms with Crippen molar-refractivity contribution in [2.75, 3.05) is 31.5 Å². The quantitative estimate of drug-likeness (QED) is 0.113. The van der Waals surface area contributed by atoms with Gasteiger partial charge in [0.1, 0.15) is 11.4 Å². The summed E-state index contributed by atoms with van der Waals surface area (Å²) in [5.41, 5.74) is 2.00. The topological polar surface area (TPSA) is 115 Å². The maximum Gasteiger partial charge on any atom is 0.272 e. The van der Waals surface area contributed by atoms with E-state index in [4.69, 9.17) is 14.2 Å². The molecule has 0 saturated carbocycles. The zero-order valence-corrected chi connectivity index (χ0v) is 26.3. The molecule has 0 aliphatic carbocycles. The number of amides is 3. The van der Waals surface area contributed by atoms with Crippen LogP contribution in [-0.4, -0.2) is 43.8 Å². The summed E-state index contributed by atoms with van der Waals surface area (Å²) in [4.78, 5) is 40.4. The van der Waals surface area contributed by atoms with E-state index in [9.17, 15) is 14.4 Å². The molecule has 0 fully saturated rings. The van der Waals surface area contributed by atoms with E-state index >= 15 is 0 Å². The van der Waals surface area contributed by atoms with Crippen molar-refractivity contribution < 1.29 is 28.6 Å². The zero-order chi connectivity index (χ0) is 32.2. The Morgan fingerprint density at radius 3 is 2.27 bits per heavy atom. The highest BCUT2D eigenvalue weighted by Gasteiger charge is 2.19. The molecule has 4 aromatic carbocycles. The molecule has 0 bridgehead atoms. The molecule has 232 valence electrons. The van der Waals surface area contributed by atoms with E-state index < -0.39 is 17.1 Å². The normalized spacial score (nSPS) is 11.6. The fourth-order valence-electron chi connectivity index (χ4n) is 4.31. The number of para-hydroxylation sites is 3. The van der Waals surface area contributed by atoms with Crippen molar-refractivity contribution in [2.45, 2.75) is 24.0 Å². The van der Waals surface area contributed by atoms with E-state index in [2.05, 4.69) is 16.0 Å². The number of anilines is 2. The first kappa shape index (κ1) is 32.7. The highest BCUT2D eigenvalue weighted by atomic mass is 32.2. The molecule has 0 heterocycles. The second-order valence-electron chi connectivity index (χ2n) is 9.62. The number of benzene rings is 4. The molecular formula is C35H35N3O6S. The average molecular weight is 626 g/mol. The van der Waals surface area contributed by atoms with Gasteiger partial charge in [-0.25, -0.2) is 0 Å². The summed E-state index contributed by atoms with van der Waals surface area (Å²) in [6, 6.07) is 28.3. The third kappa shape index (κ3) is 8.90. The van der Waals surface area contributed by atoms with Crippen molar-refractivity contribution in [1.82, 2.24) is 5.32 Å². The summed E-state index contributed by atoms with van der Waals surface area (Å²) in [6.07, 6.45) is 1.53. The number of rotatable bonds is 13. The van der Waals surface area contributed by atoms with Crippen LogP contribution in [0.4, 0.5) is 11.4 Å². The number of thioether (sulfide) groups is 1. The van der Waals surface area contributed by atoms with Crippen LogP contribution in [0.3, 0.4) is 0 Å². The van der Waals surface area contributed by atoms with Gasteiger partial charge in [-0.2, -0.15) is 0 Å². The molecule has 4 rings (SSSR count). The van der Waals surface area contributed by atoms with Crippen molar-refractivity contribution in [3.05, 3.63) is 114 Å². The molecule has 0 spiro atoms. The van der Waals surface area contributed by atoms with E-state index in [0.717, 1.165) is 4.90 Å². The summed E-state index contributed by atoms with van der Waals surface area (Å²) >= 11 is 1.34. The Hall–Kier alpha value is -5.22. The fourth-order valence-corrected chi connectivity index (χ4v) is 5.24. The molecular weight excluding hydrogens is 590 g/mol. The number of hydrogen-bond acceptors (Lipinski definition) is 7. The number of ether oxygens (including phenoxy) is 3. The molecule has 4 aromatic rings. The molecule has 0 radical (unpaired) electrons. The largest absolute Gasteiger partial charge is 0.493 e. The lowest BCUT2D eigenvalue weighted by Crippen LogP contribution is -2.30. The Bertz CT molecular complexity index is 1680. The van der Waals surface area contributed by atoms with Crippen molar-refractivity contribution in [3.63, 3.8) is 0 Å². The van der Waals surface area contributed by atoms with E-state index in [1.807, 2.05) is 25.1 Å². The molecule has 1 atom stereocenters. The number of hydrogen-bond donors (Lipinski definition) is 3. The van der Waals surface area contributed by atoms with E-state index in [0.29, 0.717) is 46.4 Å². The maximum absolute atomic E-state index is 13.6. The van der Waals surface area contributed by atoms with Gasteiger partial charge in [-0.3, -0.25) is 14.4 Å². The summed E-state index contributed by atoms with van der Waals surface area (Å²) in [7, 11) is 3.02. The molecule has 3 N–H and O–H groups in total. The third-order valence-corrected chi connectivity index (χ3v) is 7.57. The number of methoxy groups -OCH3 is 2. The Balaban J connectivity index is 1.53. The Labute approximate surface area is 267 Å². The molecule has 45 heavy (non-hydrogen) atoms. The van der Waals surface area contributed by atoms with Crippen LogP contribution < -0.4 is 30.2 Å². The number of carbonyl (C=O) groups is 3. The first-order chi connectivity index (χ1) is 21.8. The van der Waals surface area contributed by atoms with Gasteiger partial charge in [0, 0.05) is 21.7 Å². The van der Waals surface area contributed by atoms with Gasteiger partial charge in [0.25, 0.3) is 11.8 Å². The average Bonchev–Trinajstić information content (AvgIpc) is 3.05. The third-order valence-electron chi connectivity index (χ3n) is 6.48.